The summed E-state index contributed by atoms with van der Waals surface area (Å²) in [5, 5.41) is 1.19. The van der Waals surface area contributed by atoms with Crippen molar-refractivity contribution in [2.45, 2.75) is 13.8 Å². The third-order valence-corrected chi connectivity index (χ3v) is 3.89. The lowest BCUT2D eigenvalue weighted by Gasteiger charge is -2.36. The summed E-state index contributed by atoms with van der Waals surface area (Å²) in [5.74, 6) is 0.167. The number of fused-ring (bicyclic) bond motifs is 1. The number of rotatable bonds is 1. The van der Waals surface area contributed by atoms with Crippen molar-refractivity contribution in [3.8, 4) is 0 Å². The van der Waals surface area contributed by atoms with Gasteiger partial charge in [-0.1, -0.05) is 18.2 Å². The van der Waals surface area contributed by atoms with Gasteiger partial charge < -0.3 is 9.80 Å². The highest BCUT2D eigenvalue weighted by atomic mass is 16.2. The fraction of sp³-hybridized carbons (Fsp3) is 0.375. The van der Waals surface area contributed by atoms with Crippen molar-refractivity contribution in [3.63, 3.8) is 0 Å². The number of hydrogen-bond acceptors (Lipinski definition) is 3. The maximum absolute atomic E-state index is 11.4. The monoisotopic (exact) mass is 269 g/mol. The van der Waals surface area contributed by atoms with Crippen LogP contribution in [0.1, 0.15) is 12.6 Å². The molecule has 0 atom stereocenters. The summed E-state index contributed by atoms with van der Waals surface area (Å²) in [6.45, 7) is 7.03. The molecule has 1 aromatic heterocycles. The molecule has 3 rings (SSSR count). The Balaban J connectivity index is 1.93. The molecule has 0 bridgehead atoms. The van der Waals surface area contributed by atoms with Gasteiger partial charge in [-0.3, -0.25) is 9.78 Å². The lowest BCUT2D eigenvalue weighted by Crippen LogP contribution is -2.48. The van der Waals surface area contributed by atoms with Gasteiger partial charge in [0.15, 0.2) is 0 Å². The molecule has 0 unspecified atom stereocenters. The second kappa shape index (κ2) is 5.12. The van der Waals surface area contributed by atoms with Gasteiger partial charge in [-0.25, -0.2) is 0 Å². The third-order valence-electron chi connectivity index (χ3n) is 3.89. The molecule has 4 nitrogen and oxygen atoms in total. The smallest absolute Gasteiger partial charge is 0.219 e. The summed E-state index contributed by atoms with van der Waals surface area (Å²) in [4.78, 5) is 20.3. The molecule has 4 heteroatoms. The van der Waals surface area contributed by atoms with E-state index in [2.05, 4.69) is 34.1 Å². The van der Waals surface area contributed by atoms with Gasteiger partial charge in [-0.2, -0.15) is 0 Å². The van der Waals surface area contributed by atoms with Gasteiger partial charge in [0.1, 0.15) is 0 Å². The average molecular weight is 269 g/mol. The van der Waals surface area contributed by atoms with Crippen LogP contribution in [0, 0.1) is 6.92 Å². The molecule has 2 aromatic rings. The molecule has 20 heavy (non-hydrogen) atoms. The van der Waals surface area contributed by atoms with Gasteiger partial charge in [0.25, 0.3) is 0 Å². The van der Waals surface area contributed by atoms with Crippen LogP contribution >= 0.6 is 0 Å². The first-order valence-corrected chi connectivity index (χ1v) is 7.02. The fourth-order valence-electron chi connectivity index (χ4n) is 2.81. The first-order valence-electron chi connectivity index (χ1n) is 7.02. The van der Waals surface area contributed by atoms with Gasteiger partial charge >= 0.3 is 0 Å². The van der Waals surface area contributed by atoms with Gasteiger partial charge in [-0.05, 0) is 19.1 Å². The zero-order valence-corrected chi connectivity index (χ0v) is 12.0. The second-order valence-electron chi connectivity index (χ2n) is 5.29. The summed E-state index contributed by atoms with van der Waals surface area (Å²) in [5.41, 5.74) is 3.31. The number of pyridine rings is 1. The van der Waals surface area contributed by atoms with Crippen molar-refractivity contribution in [2.75, 3.05) is 31.1 Å². The van der Waals surface area contributed by atoms with E-state index in [0.29, 0.717) is 0 Å². The number of aromatic nitrogens is 1. The Labute approximate surface area is 119 Å². The molecule has 1 saturated heterocycles. The standard InChI is InChI=1S/C16H19N3O/c1-12-11-16(14-5-3-4-6-15(14)17-12)19-9-7-18(8-10-19)13(2)20/h3-6,11H,7-10H2,1-2H3. The van der Waals surface area contributed by atoms with E-state index >= 15 is 0 Å². The summed E-state index contributed by atoms with van der Waals surface area (Å²) in [7, 11) is 0. The lowest BCUT2D eigenvalue weighted by molar-refractivity contribution is -0.129. The molecule has 1 aliphatic rings. The van der Waals surface area contributed by atoms with Crippen molar-refractivity contribution >= 4 is 22.5 Å². The minimum absolute atomic E-state index is 0.167. The number of amides is 1. The molecular weight excluding hydrogens is 250 g/mol. The van der Waals surface area contributed by atoms with E-state index in [4.69, 9.17) is 0 Å². The van der Waals surface area contributed by atoms with E-state index in [1.54, 1.807) is 6.92 Å². The van der Waals surface area contributed by atoms with Crippen LogP contribution in [0.15, 0.2) is 30.3 Å². The largest absolute Gasteiger partial charge is 0.367 e. The Morgan fingerprint density at radius 2 is 1.85 bits per heavy atom. The van der Waals surface area contributed by atoms with Gasteiger partial charge in [0, 0.05) is 49.9 Å². The van der Waals surface area contributed by atoms with Crippen LogP contribution in [0.2, 0.25) is 0 Å². The van der Waals surface area contributed by atoms with Crippen molar-refractivity contribution in [2.24, 2.45) is 0 Å². The Kier molecular flexibility index (Phi) is 3.30. The van der Waals surface area contributed by atoms with Crippen LogP contribution in [0.3, 0.4) is 0 Å². The molecule has 0 saturated carbocycles. The number of nitrogens with zero attached hydrogens (tertiary/aromatic N) is 3. The maximum Gasteiger partial charge on any atom is 0.219 e. The third kappa shape index (κ3) is 2.33. The van der Waals surface area contributed by atoms with E-state index in [0.717, 1.165) is 37.4 Å². The Morgan fingerprint density at radius 1 is 1.15 bits per heavy atom. The van der Waals surface area contributed by atoms with Crippen molar-refractivity contribution in [3.05, 3.63) is 36.0 Å². The highest BCUT2D eigenvalue weighted by Gasteiger charge is 2.20. The molecule has 2 heterocycles. The van der Waals surface area contributed by atoms with Crippen LogP contribution in [-0.4, -0.2) is 42.0 Å². The highest BCUT2D eigenvalue weighted by Crippen LogP contribution is 2.27. The molecule has 1 fully saturated rings. The average Bonchev–Trinajstić information content (AvgIpc) is 2.46. The van der Waals surface area contributed by atoms with Crippen molar-refractivity contribution in [1.82, 2.24) is 9.88 Å². The molecule has 0 aliphatic carbocycles. The van der Waals surface area contributed by atoms with Crippen molar-refractivity contribution in [1.29, 1.82) is 0 Å². The highest BCUT2D eigenvalue weighted by molar-refractivity contribution is 5.92. The van der Waals surface area contributed by atoms with E-state index in [1.807, 2.05) is 17.9 Å². The number of anilines is 1. The van der Waals surface area contributed by atoms with Crippen LogP contribution < -0.4 is 4.90 Å². The first-order chi connectivity index (χ1) is 9.65. The molecule has 0 N–H and O–H groups in total. The summed E-state index contributed by atoms with van der Waals surface area (Å²) in [6.07, 6.45) is 0. The first kappa shape index (κ1) is 12.9. The predicted molar refractivity (Wildman–Crippen MR) is 80.9 cm³/mol. The molecular formula is C16H19N3O. The van der Waals surface area contributed by atoms with E-state index in [1.165, 1.54) is 11.1 Å². The number of piperazine rings is 1. The number of carbonyl (C=O) groups is 1. The minimum Gasteiger partial charge on any atom is -0.367 e. The zero-order valence-electron chi connectivity index (χ0n) is 12.0. The number of aryl methyl sites for hydroxylation is 1. The molecule has 1 aliphatic heterocycles. The zero-order chi connectivity index (χ0) is 14.1. The number of carbonyl (C=O) groups excluding carboxylic acids is 1. The summed E-state index contributed by atoms with van der Waals surface area (Å²) < 4.78 is 0. The number of benzene rings is 1. The normalized spacial score (nSPS) is 15.7. The second-order valence-corrected chi connectivity index (χ2v) is 5.29. The molecule has 0 radical (unpaired) electrons. The maximum atomic E-state index is 11.4. The summed E-state index contributed by atoms with van der Waals surface area (Å²) >= 11 is 0. The van der Waals surface area contributed by atoms with E-state index < -0.39 is 0 Å². The molecule has 104 valence electrons. The quantitative estimate of drug-likeness (QED) is 0.796. The van der Waals surface area contributed by atoms with E-state index in [-0.39, 0.29) is 5.91 Å². The number of hydrogen-bond donors (Lipinski definition) is 0. The number of para-hydroxylation sites is 1. The molecule has 1 amide bonds. The predicted octanol–water partition coefficient (Wildman–Crippen LogP) is 2.21. The van der Waals surface area contributed by atoms with Gasteiger partial charge in [-0.15, -0.1) is 0 Å². The van der Waals surface area contributed by atoms with Crippen molar-refractivity contribution < 1.29 is 4.79 Å². The fourth-order valence-corrected chi connectivity index (χ4v) is 2.81. The van der Waals surface area contributed by atoms with Crippen LogP contribution in [0.4, 0.5) is 5.69 Å². The Morgan fingerprint density at radius 3 is 2.55 bits per heavy atom. The van der Waals surface area contributed by atoms with Crippen LogP contribution in [0.5, 0.6) is 0 Å². The summed E-state index contributed by atoms with van der Waals surface area (Å²) in [6, 6.07) is 10.4. The Bertz CT molecular complexity index is 645. The Hall–Kier alpha value is -2.10. The molecule has 0 spiro atoms. The lowest BCUT2D eigenvalue weighted by atomic mass is 10.1. The van der Waals surface area contributed by atoms with Crippen LogP contribution in [0.25, 0.3) is 10.9 Å². The van der Waals surface area contributed by atoms with Gasteiger partial charge in [0.2, 0.25) is 5.91 Å². The van der Waals surface area contributed by atoms with Gasteiger partial charge in [0.05, 0.1) is 5.52 Å². The van der Waals surface area contributed by atoms with E-state index in [9.17, 15) is 4.79 Å². The SMILES string of the molecule is CC(=O)N1CCN(c2cc(C)nc3ccccc23)CC1. The van der Waals surface area contributed by atoms with Crippen LogP contribution in [-0.2, 0) is 4.79 Å². The molecule has 1 aromatic carbocycles. The topological polar surface area (TPSA) is 36.4 Å². The minimum atomic E-state index is 0.167.